The molecule has 0 aliphatic carbocycles. The van der Waals surface area contributed by atoms with Crippen molar-refractivity contribution < 1.29 is 27.1 Å². The quantitative estimate of drug-likeness (QED) is 0.385. The summed E-state index contributed by atoms with van der Waals surface area (Å²) in [4.78, 5) is 17.1. The monoisotopic (exact) mass is 593 g/mol. The zero-order chi connectivity index (χ0) is 27.6. The number of carbonyl (C=O) groups is 1. The van der Waals surface area contributed by atoms with Crippen molar-refractivity contribution in [1.29, 1.82) is 0 Å². The fourth-order valence-corrected chi connectivity index (χ4v) is 6.25. The summed E-state index contributed by atoms with van der Waals surface area (Å²) in [6.07, 6.45) is 0. The Bertz CT molecular complexity index is 1440. The molecular formula is C27H26Cl2FN3O5S. The van der Waals surface area contributed by atoms with Crippen LogP contribution in [0.4, 0.5) is 4.39 Å². The Morgan fingerprint density at radius 1 is 0.949 bits per heavy atom. The van der Waals surface area contributed by atoms with Crippen molar-refractivity contribution >= 4 is 39.1 Å². The van der Waals surface area contributed by atoms with Gasteiger partial charge >= 0.3 is 0 Å². The lowest BCUT2D eigenvalue weighted by Crippen LogP contribution is -2.51. The number of rotatable bonds is 8. The van der Waals surface area contributed by atoms with Crippen molar-refractivity contribution in [2.24, 2.45) is 0 Å². The fourth-order valence-electron chi connectivity index (χ4n) is 4.54. The van der Waals surface area contributed by atoms with E-state index in [4.69, 9.17) is 32.7 Å². The molecule has 1 fully saturated rings. The van der Waals surface area contributed by atoms with E-state index in [1.807, 2.05) is 18.2 Å². The average molecular weight is 594 g/mol. The van der Waals surface area contributed by atoms with Gasteiger partial charge < -0.3 is 14.4 Å². The van der Waals surface area contributed by atoms with E-state index in [9.17, 15) is 17.6 Å². The minimum Gasteiger partial charge on any atom is -0.454 e. The SMILES string of the molecule is O=C(CN(Cc1c(F)cccc1Cl)S(=O)(=O)c1ccc(Cl)cc1)N1CCN(Cc2ccc3c(c2)OCO3)CC1. The van der Waals surface area contributed by atoms with Crippen LogP contribution in [0.1, 0.15) is 11.1 Å². The standard InChI is InChI=1S/C27H26Cl2FN3O5S/c28-20-5-7-21(8-6-20)39(35,36)33(16-22-23(29)2-1-3-24(22)30)17-27(34)32-12-10-31(11-13-32)15-19-4-9-25-26(14-19)38-18-37-25/h1-9,14H,10-13,15-18H2. The Balaban J connectivity index is 1.28. The molecule has 8 nitrogen and oxygen atoms in total. The summed E-state index contributed by atoms with van der Waals surface area (Å²) in [7, 11) is -4.17. The number of ether oxygens (including phenoxy) is 2. The van der Waals surface area contributed by atoms with E-state index in [0.29, 0.717) is 37.7 Å². The third-order valence-electron chi connectivity index (χ3n) is 6.73. The van der Waals surface area contributed by atoms with Gasteiger partial charge in [-0.3, -0.25) is 9.69 Å². The molecule has 5 rings (SSSR count). The van der Waals surface area contributed by atoms with Crippen LogP contribution >= 0.6 is 23.2 Å². The number of fused-ring (bicyclic) bond motifs is 1. The van der Waals surface area contributed by atoms with Crippen LogP contribution in [0.25, 0.3) is 0 Å². The molecule has 0 saturated carbocycles. The van der Waals surface area contributed by atoms with Crippen molar-refractivity contribution in [2.45, 2.75) is 18.0 Å². The number of halogens is 3. The van der Waals surface area contributed by atoms with Gasteiger partial charge in [-0.1, -0.05) is 35.3 Å². The Hall–Kier alpha value is -2.89. The third kappa shape index (κ3) is 6.31. The van der Waals surface area contributed by atoms with Crippen LogP contribution in [-0.4, -0.2) is 67.9 Å². The van der Waals surface area contributed by atoms with Gasteiger partial charge in [-0.05, 0) is 54.1 Å². The maximum Gasteiger partial charge on any atom is 0.243 e. The molecule has 3 aromatic carbocycles. The lowest BCUT2D eigenvalue weighted by atomic mass is 10.1. The topological polar surface area (TPSA) is 79.4 Å². The van der Waals surface area contributed by atoms with Gasteiger partial charge in [0.1, 0.15) is 5.82 Å². The second kappa shape index (κ2) is 11.7. The van der Waals surface area contributed by atoms with E-state index in [1.54, 1.807) is 4.90 Å². The molecule has 12 heteroatoms. The molecule has 0 N–H and O–H groups in total. The van der Waals surface area contributed by atoms with Gasteiger partial charge in [-0.2, -0.15) is 4.31 Å². The average Bonchev–Trinajstić information content (AvgIpc) is 3.39. The number of benzene rings is 3. The number of nitrogens with zero attached hydrogens (tertiary/aromatic N) is 3. The van der Waals surface area contributed by atoms with Crippen LogP contribution in [0.2, 0.25) is 10.0 Å². The van der Waals surface area contributed by atoms with Gasteiger partial charge in [0.25, 0.3) is 0 Å². The summed E-state index contributed by atoms with van der Waals surface area (Å²) in [5.41, 5.74) is 1.07. The molecule has 0 atom stereocenters. The molecule has 0 radical (unpaired) electrons. The maximum absolute atomic E-state index is 14.6. The minimum absolute atomic E-state index is 0.00181. The highest BCUT2D eigenvalue weighted by molar-refractivity contribution is 7.89. The molecule has 0 aromatic heterocycles. The number of piperazine rings is 1. The molecule has 1 amide bonds. The zero-order valence-corrected chi connectivity index (χ0v) is 23.2. The number of amides is 1. The molecule has 0 spiro atoms. The van der Waals surface area contributed by atoms with Crippen molar-refractivity contribution in [3.8, 4) is 11.5 Å². The van der Waals surface area contributed by atoms with Crippen LogP contribution in [-0.2, 0) is 27.9 Å². The van der Waals surface area contributed by atoms with E-state index in [-0.39, 0.29) is 28.2 Å². The smallest absolute Gasteiger partial charge is 0.243 e. The molecule has 1 saturated heterocycles. The number of carbonyl (C=O) groups excluding carboxylic acids is 1. The van der Waals surface area contributed by atoms with Crippen LogP contribution < -0.4 is 9.47 Å². The van der Waals surface area contributed by atoms with E-state index in [1.165, 1.54) is 42.5 Å². The largest absolute Gasteiger partial charge is 0.454 e. The van der Waals surface area contributed by atoms with Gasteiger partial charge in [0.2, 0.25) is 22.7 Å². The molecule has 206 valence electrons. The predicted octanol–water partition coefficient (Wildman–Crippen LogP) is 4.40. The Morgan fingerprint density at radius 3 is 2.38 bits per heavy atom. The summed E-state index contributed by atoms with van der Waals surface area (Å²) < 4.78 is 53.5. The van der Waals surface area contributed by atoms with Gasteiger partial charge in [-0.25, -0.2) is 12.8 Å². The van der Waals surface area contributed by atoms with Gasteiger partial charge in [-0.15, -0.1) is 0 Å². The van der Waals surface area contributed by atoms with Crippen LogP contribution in [0, 0.1) is 5.82 Å². The van der Waals surface area contributed by atoms with E-state index < -0.39 is 28.9 Å². The highest BCUT2D eigenvalue weighted by Gasteiger charge is 2.31. The minimum atomic E-state index is -4.17. The first kappa shape index (κ1) is 27.7. The van der Waals surface area contributed by atoms with Crippen LogP contribution in [0.3, 0.4) is 0 Å². The van der Waals surface area contributed by atoms with Gasteiger partial charge in [0.05, 0.1) is 11.4 Å². The van der Waals surface area contributed by atoms with Gasteiger partial charge in [0.15, 0.2) is 11.5 Å². The number of sulfonamides is 1. The zero-order valence-electron chi connectivity index (χ0n) is 20.9. The van der Waals surface area contributed by atoms with E-state index in [0.717, 1.165) is 21.4 Å². The Labute approximate surface area is 236 Å². The molecule has 0 unspecified atom stereocenters. The Morgan fingerprint density at radius 2 is 1.67 bits per heavy atom. The molecular weight excluding hydrogens is 568 g/mol. The van der Waals surface area contributed by atoms with E-state index in [2.05, 4.69) is 4.90 Å². The summed E-state index contributed by atoms with van der Waals surface area (Å²) in [5, 5.41) is 0.447. The predicted molar refractivity (Wildman–Crippen MR) is 145 cm³/mol. The molecule has 39 heavy (non-hydrogen) atoms. The molecule has 2 heterocycles. The summed E-state index contributed by atoms with van der Waals surface area (Å²) in [5.74, 6) is 0.424. The maximum atomic E-state index is 14.6. The second-order valence-electron chi connectivity index (χ2n) is 9.27. The highest BCUT2D eigenvalue weighted by Crippen LogP contribution is 2.33. The molecule has 2 aliphatic rings. The highest BCUT2D eigenvalue weighted by atomic mass is 35.5. The lowest BCUT2D eigenvalue weighted by molar-refractivity contribution is -0.133. The third-order valence-corrected chi connectivity index (χ3v) is 9.14. The van der Waals surface area contributed by atoms with Crippen molar-refractivity contribution in [1.82, 2.24) is 14.1 Å². The first-order valence-electron chi connectivity index (χ1n) is 12.3. The van der Waals surface area contributed by atoms with Crippen molar-refractivity contribution in [2.75, 3.05) is 39.5 Å². The number of hydrogen-bond acceptors (Lipinski definition) is 6. The lowest BCUT2D eigenvalue weighted by Gasteiger charge is -2.35. The van der Waals surface area contributed by atoms with Crippen LogP contribution in [0.15, 0.2) is 65.6 Å². The molecule has 2 aliphatic heterocycles. The summed E-state index contributed by atoms with van der Waals surface area (Å²) >= 11 is 12.1. The summed E-state index contributed by atoms with van der Waals surface area (Å²) in [6, 6.07) is 15.5. The first-order valence-corrected chi connectivity index (χ1v) is 14.5. The van der Waals surface area contributed by atoms with Crippen LogP contribution in [0.5, 0.6) is 11.5 Å². The second-order valence-corrected chi connectivity index (χ2v) is 12.1. The number of hydrogen-bond donors (Lipinski definition) is 0. The fraction of sp³-hybridized carbons (Fsp3) is 0.296. The summed E-state index contributed by atoms with van der Waals surface area (Å²) in [6.45, 7) is 2.13. The van der Waals surface area contributed by atoms with E-state index >= 15 is 0 Å². The Kier molecular flexibility index (Phi) is 8.29. The molecule has 3 aromatic rings. The normalized spacial score (nSPS) is 15.6. The van der Waals surface area contributed by atoms with Gasteiger partial charge in [0, 0.05) is 54.9 Å². The van der Waals surface area contributed by atoms with Crippen molar-refractivity contribution in [3.63, 3.8) is 0 Å². The first-order chi connectivity index (χ1) is 18.7. The molecule has 0 bridgehead atoms. The van der Waals surface area contributed by atoms with Crippen molar-refractivity contribution in [3.05, 3.63) is 87.7 Å².